The zero-order valence-corrected chi connectivity index (χ0v) is 13.9. The Balaban J connectivity index is 2.09. The predicted octanol–water partition coefficient (Wildman–Crippen LogP) is 4.87. The second-order valence-corrected chi connectivity index (χ2v) is 6.36. The number of carbonyl (C=O) groups excluding carboxylic acids is 1. The molecule has 0 radical (unpaired) electrons. The monoisotopic (exact) mass is 303 g/mol. The van der Waals surface area contributed by atoms with Crippen LogP contribution in [0.25, 0.3) is 0 Å². The van der Waals surface area contributed by atoms with Crippen LogP contribution < -0.4 is 0 Å². The Bertz CT molecular complexity index is 471. The zero-order chi connectivity index (χ0) is 15.6. The van der Waals surface area contributed by atoms with Crippen LogP contribution in [0.1, 0.15) is 85.8 Å². The Morgan fingerprint density at radius 1 is 0.909 bits per heavy atom. The lowest BCUT2D eigenvalue weighted by Crippen LogP contribution is -2.09. The van der Waals surface area contributed by atoms with E-state index >= 15 is 0 Å². The lowest BCUT2D eigenvalue weighted by atomic mass is 10.00. The maximum atomic E-state index is 12.0. The summed E-state index contributed by atoms with van der Waals surface area (Å²) in [7, 11) is 1.45. The second-order valence-electron chi connectivity index (χ2n) is 6.36. The zero-order valence-electron chi connectivity index (χ0n) is 13.9. The van der Waals surface area contributed by atoms with Crippen LogP contribution in [-0.4, -0.2) is 18.1 Å². The van der Waals surface area contributed by atoms with Gasteiger partial charge in [0.15, 0.2) is 0 Å². The first-order chi connectivity index (χ1) is 10.8. The van der Waals surface area contributed by atoms with E-state index in [0.717, 1.165) is 30.5 Å². The summed E-state index contributed by atoms with van der Waals surface area (Å²) in [5.41, 5.74) is 2.74. The van der Waals surface area contributed by atoms with Crippen molar-refractivity contribution in [1.82, 2.24) is 4.98 Å². The molecule has 1 aromatic heterocycles. The van der Waals surface area contributed by atoms with Gasteiger partial charge in [-0.2, -0.15) is 0 Å². The van der Waals surface area contributed by atoms with Crippen molar-refractivity contribution in [1.29, 1.82) is 0 Å². The van der Waals surface area contributed by atoms with Crippen LogP contribution in [0.4, 0.5) is 0 Å². The minimum absolute atomic E-state index is 0.245. The molecule has 3 nitrogen and oxygen atoms in total. The normalized spacial score (nSPS) is 18.0. The molecule has 0 saturated heterocycles. The van der Waals surface area contributed by atoms with Crippen LogP contribution >= 0.6 is 0 Å². The molecule has 0 N–H and O–H groups in total. The molecule has 122 valence electrons. The van der Waals surface area contributed by atoms with E-state index in [9.17, 15) is 4.79 Å². The Morgan fingerprint density at radius 2 is 1.45 bits per heavy atom. The van der Waals surface area contributed by atoms with Crippen LogP contribution in [0.5, 0.6) is 0 Å². The van der Waals surface area contributed by atoms with Gasteiger partial charge >= 0.3 is 5.97 Å². The number of carbonyl (C=O) groups is 1. The summed E-state index contributed by atoms with van der Waals surface area (Å²) in [6, 6.07) is 2.00. The van der Waals surface area contributed by atoms with Crippen molar-refractivity contribution >= 4 is 5.97 Å². The largest absolute Gasteiger partial charge is 0.465 e. The predicted molar refractivity (Wildman–Crippen MR) is 89.2 cm³/mol. The molecule has 0 spiro atoms. The summed E-state index contributed by atoms with van der Waals surface area (Å²) in [6.07, 6.45) is 16.7. The molecule has 0 unspecified atom stereocenters. The van der Waals surface area contributed by atoms with Gasteiger partial charge in [0, 0.05) is 6.20 Å². The van der Waals surface area contributed by atoms with E-state index in [4.69, 9.17) is 4.74 Å². The number of aromatic nitrogens is 1. The van der Waals surface area contributed by atoms with E-state index in [-0.39, 0.29) is 5.97 Å². The van der Waals surface area contributed by atoms with Gasteiger partial charge in [-0.3, -0.25) is 4.98 Å². The van der Waals surface area contributed by atoms with Crippen LogP contribution in [-0.2, 0) is 17.6 Å². The first-order valence-corrected chi connectivity index (χ1v) is 8.87. The lowest BCUT2D eigenvalue weighted by Gasteiger charge is -2.10. The number of esters is 1. The third-order valence-electron chi connectivity index (χ3n) is 4.56. The first-order valence-electron chi connectivity index (χ1n) is 8.87. The minimum Gasteiger partial charge on any atom is -0.465 e. The Morgan fingerprint density at radius 3 is 2.05 bits per heavy atom. The third-order valence-corrected chi connectivity index (χ3v) is 4.56. The molecule has 3 rings (SSSR count). The fourth-order valence-corrected chi connectivity index (χ4v) is 3.19. The number of pyridine rings is 1. The molecule has 0 amide bonds. The molecule has 3 heteroatoms. The van der Waals surface area contributed by atoms with Crippen molar-refractivity contribution in [2.75, 3.05) is 7.11 Å². The average molecular weight is 303 g/mol. The van der Waals surface area contributed by atoms with E-state index < -0.39 is 0 Å². The SMILES string of the molecule is COC(=O)c1cc2cnc1CCCCCCCCCCCC2. The van der Waals surface area contributed by atoms with Crippen LogP contribution in [0, 0.1) is 0 Å². The maximum Gasteiger partial charge on any atom is 0.339 e. The van der Waals surface area contributed by atoms with Gasteiger partial charge in [-0.1, -0.05) is 51.4 Å². The lowest BCUT2D eigenvalue weighted by molar-refractivity contribution is 0.0598. The molecule has 0 aromatic carbocycles. The van der Waals surface area contributed by atoms with Gasteiger partial charge < -0.3 is 4.74 Å². The Labute approximate surface area is 134 Å². The van der Waals surface area contributed by atoms with Crippen molar-refractivity contribution in [3.63, 3.8) is 0 Å². The van der Waals surface area contributed by atoms with E-state index in [0.29, 0.717) is 5.56 Å². The number of hydrogen-bond donors (Lipinski definition) is 0. The number of aryl methyl sites for hydroxylation is 2. The standard InChI is InChI=1S/C19H29NO2/c1-22-19(21)17-14-16-12-10-8-6-4-2-3-5-7-9-11-13-18(17)20-15-16/h14-15H,2-13H2,1H3. The Kier molecular flexibility index (Phi) is 7.41. The molecule has 1 aliphatic carbocycles. The topological polar surface area (TPSA) is 39.2 Å². The fraction of sp³-hybridized carbons (Fsp3) is 0.684. The van der Waals surface area contributed by atoms with Gasteiger partial charge in [0.1, 0.15) is 0 Å². The molecule has 2 bridgehead atoms. The van der Waals surface area contributed by atoms with E-state index in [2.05, 4.69) is 4.98 Å². The van der Waals surface area contributed by atoms with Gasteiger partial charge in [-0.15, -0.1) is 0 Å². The highest BCUT2D eigenvalue weighted by molar-refractivity contribution is 5.90. The number of rotatable bonds is 1. The quantitative estimate of drug-likeness (QED) is 0.695. The highest BCUT2D eigenvalue weighted by atomic mass is 16.5. The highest BCUT2D eigenvalue weighted by Gasteiger charge is 2.14. The molecule has 0 fully saturated rings. The molecule has 1 aromatic rings. The second kappa shape index (κ2) is 9.60. The van der Waals surface area contributed by atoms with Crippen molar-refractivity contribution in [2.45, 2.75) is 77.0 Å². The minimum atomic E-state index is -0.245. The Hall–Kier alpha value is -1.38. The maximum absolute atomic E-state index is 12.0. The van der Waals surface area contributed by atoms with Gasteiger partial charge in [0.25, 0.3) is 0 Å². The fourth-order valence-electron chi connectivity index (χ4n) is 3.19. The number of nitrogens with zero attached hydrogens (tertiary/aromatic N) is 1. The number of methoxy groups -OCH3 is 1. The van der Waals surface area contributed by atoms with Gasteiger partial charge in [0.05, 0.1) is 18.4 Å². The smallest absolute Gasteiger partial charge is 0.339 e. The summed E-state index contributed by atoms with van der Waals surface area (Å²) < 4.78 is 4.93. The molecule has 0 atom stereocenters. The molecule has 2 aliphatic rings. The van der Waals surface area contributed by atoms with Crippen LogP contribution in [0.15, 0.2) is 12.3 Å². The van der Waals surface area contributed by atoms with Gasteiger partial charge in [-0.25, -0.2) is 4.79 Å². The van der Waals surface area contributed by atoms with Gasteiger partial charge in [-0.05, 0) is 37.3 Å². The molecule has 2 heterocycles. The summed E-state index contributed by atoms with van der Waals surface area (Å²) in [4.78, 5) is 16.6. The van der Waals surface area contributed by atoms with Crippen molar-refractivity contribution in [3.05, 3.63) is 29.1 Å². The molecular weight excluding hydrogens is 274 g/mol. The van der Waals surface area contributed by atoms with Crippen LogP contribution in [0.2, 0.25) is 0 Å². The summed E-state index contributed by atoms with van der Waals surface area (Å²) in [5, 5.41) is 0. The number of hydrogen-bond acceptors (Lipinski definition) is 3. The molecule has 22 heavy (non-hydrogen) atoms. The third kappa shape index (κ3) is 5.43. The van der Waals surface area contributed by atoms with Crippen molar-refractivity contribution < 1.29 is 9.53 Å². The number of ether oxygens (including phenoxy) is 1. The highest BCUT2D eigenvalue weighted by Crippen LogP contribution is 2.18. The van der Waals surface area contributed by atoms with E-state index in [1.807, 2.05) is 12.3 Å². The van der Waals surface area contributed by atoms with Crippen molar-refractivity contribution in [3.8, 4) is 0 Å². The summed E-state index contributed by atoms with van der Waals surface area (Å²) in [5.74, 6) is -0.245. The molecule has 0 saturated carbocycles. The average Bonchev–Trinajstić information content (AvgIpc) is 2.54. The van der Waals surface area contributed by atoms with Gasteiger partial charge in [0.2, 0.25) is 0 Å². The number of fused-ring (bicyclic) bond motifs is 13. The molecular formula is C19H29NO2. The first kappa shape index (κ1) is 17.0. The van der Waals surface area contributed by atoms with Crippen LogP contribution in [0.3, 0.4) is 0 Å². The molecule has 1 aliphatic heterocycles. The summed E-state index contributed by atoms with van der Waals surface area (Å²) in [6.45, 7) is 0. The van der Waals surface area contributed by atoms with Crippen molar-refractivity contribution in [2.24, 2.45) is 0 Å². The van der Waals surface area contributed by atoms with E-state index in [1.54, 1.807) is 0 Å². The summed E-state index contributed by atoms with van der Waals surface area (Å²) >= 11 is 0. The van der Waals surface area contributed by atoms with E-state index in [1.165, 1.54) is 64.9 Å².